The highest BCUT2D eigenvalue weighted by molar-refractivity contribution is 5.29. The maximum absolute atomic E-state index is 13.7. The van der Waals surface area contributed by atoms with E-state index in [9.17, 15) is 9.50 Å². The maximum Gasteiger partial charge on any atom is 0.131 e. The van der Waals surface area contributed by atoms with Crippen LogP contribution in [-0.2, 0) is 4.74 Å². The molecule has 1 saturated carbocycles. The van der Waals surface area contributed by atoms with Gasteiger partial charge in [-0.3, -0.25) is 0 Å². The first-order valence-corrected chi connectivity index (χ1v) is 6.39. The molecule has 0 amide bonds. The van der Waals surface area contributed by atoms with E-state index in [1.54, 1.807) is 13.2 Å². The highest BCUT2D eigenvalue weighted by atomic mass is 19.1. The van der Waals surface area contributed by atoms with Gasteiger partial charge in [-0.2, -0.15) is 0 Å². The van der Waals surface area contributed by atoms with Gasteiger partial charge in [-0.25, -0.2) is 4.39 Å². The number of ether oxygens (including phenoxy) is 1. The number of hydrogen-bond acceptors (Lipinski definition) is 3. The fourth-order valence-corrected chi connectivity index (χ4v) is 2.68. The molecule has 0 aliphatic heterocycles. The molecule has 0 radical (unpaired) electrons. The number of methoxy groups -OCH3 is 1. The number of nitrogens with one attached hydrogen (secondary N) is 1. The van der Waals surface area contributed by atoms with Gasteiger partial charge in [-0.1, -0.05) is 6.07 Å². The third-order valence-corrected chi connectivity index (χ3v) is 3.67. The van der Waals surface area contributed by atoms with Gasteiger partial charge in [0.1, 0.15) is 11.6 Å². The molecule has 2 rings (SSSR count). The molecule has 0 bridgehead atoms. The Morgan fingerprint density at radius 2 is 2.22 bits per heavy atom. The van der Waals surface area contributed by atoms with Gasteiger partial charge < -0.3 is 15.2 Å². The van der Waals surface area contributed by atoms with Crippen molar-refractivity contribution in [3.8, 4) is 5.75 Å². The van der Waals surface area contributed by atoms with Crippen molar-refractivity contribution >= 4 is 0 Å². The van der Waals surface area contributed by atoms with Gasteiger partial charge in [0.25, 0.3) is 0 Å². The number of phenols is 1. The van der Waals surface area contributed by atoms with E-state index in [1.807, 2.05) is 6.92 Å². The zero-order chi connectivity index (χ0) is 13.1. The van der Waals surface area contributed by atoms with E-state index in [0.717, 1.165) is 25.3 Å². The molecule has 3 unspecified atom stereocenters. The predicted octanol–water partition coefficient (Wildman–Crippen LogP) is 2.75. The number of aromatic hydroxyl groups is 1. The molecule has 2 N–H and O–H groups in total. The Morgan fingerprint density at radius 1 is 1.44 bits per heavy atom. The van der Waals surface area contributed by atoms with E-state index in [0.29, 0.717) is 5.56 Å². The summed E-state index contributed by atoms with van der Waals surface area (Å²) in [5.41, 5.74) is 0.578. The minimum atomic E-state index is -0.373. The van der Waals surface area contributed by atoms with Gasteiger partial charge in [-0.15, -0.1) is 0 Å². The zero-order valence-corrected chi connectivity index (χ0v) is 10.8. The first-order valence-electron chi connectivity index (χ1n) is 6.39. The molecular weight excluding hydrogens is 233 g/mol. The van der Waals surface area contributed by atoms with Crippen molar-refractivity contribution < 1.29 is 14.2 Å². The Hall–Kier alpha value is -1.13. The van der Waals surface area contributed by atoms with Crippen LogP contribution in [0.5, 0.6) is 5.75 Å². The predicted molar refractivity (Wildman–Crippen MR) is 68.1 cm³/mol. The lowest BCUT2D eigenvalue weighted by Gasteiger charge is -2.24. The van der Waals surface area contributed by atoms with Gasteiger partial charge in [-0.05, 0) is 32.3 Å². The molecule has 3 nitrogen and oxygen atoms in total. The van der Waals surface area contributed by atoms with E-state index < -0.39 is 0 Å². The summed E-state index contributed by atoms with van der Waals surface area (Å²) in [4.78, 5) is 0. The quantitative estimate of drug-likeness (QED) is 0.867. The van der Waals surface area contributed by atoms with Crippen molar-refractivity contribution in [1.82, 2.24) is 5.32 Å². The second kappa shape index (κ2) is 5.67. The monoisotopic (exact) mass is 253 g/mol. The smallest absolute Gasteiger partial charge is 0.131 e. The van der Waals surface area contributed by atoms with Gasteiger partial charge >= 0.3 is 0 Å². The minimum absolute atomic E-state index is 0.0425. The third-order valence-electron chi connectivity index (χ3n) is 3.67. The Balaban J connectivity index is 2.05. The fraction of sp³-hybridized carbons (Fsp3) is 0.571. The van der Waals surface area contributed by atoms with Crippen molar-refractivity contribution in [2.24, 2.45) is 0 Å². The molecular formula is C14H20FNO2. The van der Waals surface area contributed by atoms with Crippen molar-refractivity contribution in [3.05, 3.63) is 29.6 Å². The largest absolute Gasteiger partial charge is 0.508 e. The van der Waals surface area contributed by atoms with Crippen molar-refractivity contribution in [3.63, 3.8) is 0 Å². The van der Waals surface area contributed by atoms with Crippen LogP contribution in [0.2, 0.25) is 0 Å². The summed E-state index contributed by atoms with van der Waals surface area (Å²) in [6, 6.07) is 4.47. The molecule has 1 aromatic rings. The summed E-state index contributed by atoms with van der Waals surface area (Å²) in [5.74, 6) is -0.416. The molecule has 1 aliphatic rings. The van der Waals surface area contributed by atoms with E-state index in [1.165, 1.54) is 6.07 Å². The molecule has 0 spiro atoms. The van der Waals surface area contributed by atoms with Crippen LogP contribution in [0.3, 0.4) is 0 Å². The Kier molecular flexibility index (Phi) is 4.19. The van der Waals surface area contributed by atoms with E-state index in [-0.39, 0.29) is 29.8 Å². The van der Waals surface area contributed by atoms with Crippen LogP contribution in [0, 0.1) is 5.82 Å². The molecule has 0 aromatic heterocycles. The average molecular weight is 253 g/mol. The lowest BCUT2D eigenvalue weighted by atomic mass is 10.1. The number of benzene rings is 1. The Bertz CT molecular complexity index is 411. The van der Waals surface area contributed by atoms with Crippen LogP contribution < -0.4 is 5.32 Å². The molecule has 100 valence electrons. The van der Waals surface area contributed by atoms with Crippen LogP contribution in [0.25, 0.3) is 0 Å². The molecule has 3 atom stereocenters. The Morgan fingerprint density at radius 3 is 2.89 bits per heavy atom. The first kappa shape index (κ1) is 13.3. The minimum Gasteiger partial charge on any atom is -0.508 e. The molecule has 1 fully saturated rings. The molecule has 0 saturated heterocycles. The van der Waals surface area contributed by atoms with E-state index in [4.69, 9.17) is 4.74 Å². The summed E-state index contributed by atoms with van der Waals surface area (Å²) in [6.45, 7) is 1.93. The van der Waals surface area contributed by atoms with Crippen LogP contribution in [0.4, 0.5) is 4.39 Å². The molecule has 1 aliphatic carbocycles. The van der Waals surface area contributed by atoms with Crippen LogP contribution in [0.15, 0.2) is 18.2 Å². The van der Waals surface area contributed by atoms with Crippen molar-refractivity contribution in [2.75, 3.05) is 7.11 Å². The summed E-state index contributed by atoms with van der Waals surface area (Å²) < 4.78 is 19.1. The first-order chi connectivity index (χ1) is 8.61. The summed E-state index contributed by atoms with van der Waals surface area (Å²) in [5, 5.41) is 12.6. The second-order valence-electron chi connectivity index (χ2n) is 4.91. The lowest BCUT2D eigenvalue weighted by molar-refractivity contribution is 0.0818. The van der Waals surface area contributed by atoms with Gasteiger partial charge in [0.15, 0.2) is 0 Å². The molecule has 0 heterocycles. The van der Waals surface area contributed by atoms with Crippen LogP contribution >= 0.6 is 0 Å². The number of rotatable bonds is 4. The van der Waals surface area contributed by atoms with Crippen LogP contribution in [0.1, 0.15) is 37.8 Å². The van der Waals surface area contributed by atoms with E-state index >= 15 is 0 Å². The third kappa shape index (κ3) is 2.82. The second-order valence-corrected chi connectivity index (χ2v) is 4.91. The fourth-order valence-electron chi connectivity index (χ4n) is 2.68. The highest BCUT2D eigenvalue weighted by Gasteiger charge is 2.28. The number of phenolic OH excluding ortho intramolecular Hbond substituents is 1. The zero-order valence-electron chi connectivity index (χ0n) is 10.8. The maximum atomic E-state index is 13.7. The normalized spacial score (nSPS) is 25.3. The van der Waals surface area contributed by atoms with Gasteiger partial charge in [0, 0.05) is 30.8 Å². The molecule has 18 heavy (non-hydrogen) atoms. The summed E-state index contributed by atoms with van der Waals surface area (Å²) >= 11 is 0. The van der Waals surface area contributed by atoms with Crippen molar-refractivity contribution in [2.45, 2.75) is 44.4 Å². The Labute approximate surface area is 107 Å². The molecule has 1 aromatic carbocycles. The van der Waals surface area contributed by atoms with Crippen LogP contribution in [-0.4, -0.2) is 24.4 Å². The standard InChI is InChI=1S/C14H20FNO2/c1-9(11-7-6-10(17)8-12(11)15)16-13-4-3-5-14(13)18-2/h6-9,13-14,16-17H,3-5H2,1-2H3. The SMILES string of the molecule is COC1CCCC1NC(C)c1ccc(O)cc1F. The summed E-state index contributed by atoms with van der Waals surface area (Å²) in [6.07, 6.45) is 3.47. The average Bonchev–Trinajstić information content (AvgIpc) is 2.76. The van der Waals surface area contributed by atoms with Gasteiger partial charge in [0.05, 0.1) is 6.10 Å². The summed E-state index contributed by atoms with van der Waals surface area (Å²) in [7, 11) is 1.72. The van der Waals surface area contributed by atoms with E-state index in [2.05, 4.69) is 5.32 Å². The topological polar surface area (TPSA) is 41.5 Å². The van der Waals surface area contributed by atoms with Crippen molar-refractivity contribution in [1.29, 1.82) is 0 Å². The lowest BCUT2D eigenvalue weighted by Crippen LogP contribution is -2.38. The van der Waals surface area contributed by atoms with Gasteiger partial charge in [0.2, 0.25) is 0 Å². The number of halogens is 1. The molecule has 4 heteroatoms. The number of hydrogen-bond donors (Lipinski definition) is 2. The highest BCUT2D eigenvalue weighted by Crippen LogP contribution is 2.26.